The van der Waals surface area contributed by atoms with Crippen LogP contribution in [-0.4, -0.2) is 12.6 Å². The predicted molar refractivity (Wildman–Crippen MR) is 56.5 cm³/mol. The first kappa shape index (κ1) is 11.2. The van der Waals surface area contributed by atoms with Crippen molar-refractivity contribution in [2.24, 2.45) is 0 Å². The summed E-state index contributed by atoms with van der Waals surface area (Å²) >= 11 is 0. The highest BCUT2D eigenvalue weighted by molar-refractivity contribution is 5.88. The van der Waals surface area contributed by atoms with Crippen molar-refractivity contribution in [3.8, 4) is 0 Å². The Labute approximate surface area is 87.3 Å². The van der Waals surface area contributed by atoms with Crippen molar-refractivity contribution in [1.82, 2.24) is 0 Å². The molecule has 0 fully saturated rings. The van der Waals surface area contributed by atoms with E-state index in [0.717, 1.165) is 0 Å². The van der Waals surface area contributed by atoms with Gasteiger partial charge in [0.1, 0.15) is 5.82 Å². The number of hydrogen-bond acceptors (Lipinski definition) is 3. The maximum Gasteiger partial charge on any atom is 0.330 e. The fourth-order valence-electron chi connectivity index (χ4n) is 1.05. The Morgan fingerprint density at radius 1 is 1.60 bits per heavy atom. The van der Waals surface area contributed by atoms with Crippen molar-refractivity contribution in [3.63, 3.8) is 0 Å². The Hall–Kier alpha value is -1.84. The predicted octanol–water partition coefficient (Wildman–Crippen LogP) is 1.98. The molecule has 0 aliphatic carbocycles. The standard InChI is InChI=1S/C11H12FNO2/c1-2-15-11(14)6-4-8-3-5-9(12)7-10(8)13/h3-7H,2,13H2,1H3. The zero-order chi connectivity index (χ0) is 11.3. The van der Waals surface area contributed by atoms with E-state index in [1.807, 2.05) is 0 Å². The molecule has 0 bridgehead atoms. The molecule has 4 heteroatoms. The molecule has 2 N–H and O–H groups in total. The number of anilines is 1. The van der Waals surface area contributed by atoms with Crippen molar-refractivity contribution < 1.29 is 13.9 Å². The minimum Gasteiger partial charge on any atom is -0.463 e. The Bertz CT molecular complexity index is 388. The summed E-state index contributed by atoms with van der Waals surface area (Å²) in [7, 11) is 0. The van der Waals surface area contributed by atoms with Crippen LogP contribution in [0.2, 0.25) is 0 Å². The minimum absolute atomic E-state index is 0.288. The van der Waals surface area contributed by atoms with Gasteiger partial charge in [-0.1, -0.05) is 6.07 Å². The average Bonchev–Trinajstić information content (AvgIpc) is 2.17. The van der Waals surface area contributed by atoms with Gasteiger partial charge < -0.3 is 10.5 Å². The molecule has 0 saturated carbocycles. The summed E-state index contributed by atoms with van der Waals surface area (Å²) in [5.41, 5.74) is 6.41. The molecule has 80 valence electrons. The Morgan fingerprint density at radius 3 is 2.93 bits per heavy atom. The number of rotatable bonds is 3. The largest absolute Gasteiger partial charge is 0.463 e. The van der Waals surface area contributed by atoms with Crippen molar-refractivity contribution in [2.75, 3.05) is 12.3 Å². The highest BCUT2D eigenvalue weighted by Gasteiger charge is 1.98. The van der Waals surface area contributed by atoms with Crippen LogP contribution in [0.25, 0.3) is 6.08 Å². The lowest BCUT2D eigenvalue weighted by molar-refractivity contribution is -0.137. The molecule has 15 heavy (non-hydrogen) atoms. The molecule has 3 nitrogen and oxygen atoms in total. The van der Waals surface area contributed by atoms with Gasteiger partial charge in [-0.15, -0.1) is 0 Å². The van der Waals surface area contributed by atoms with Crippen LogP contribution in [0, 0.1) is 5.82 Å². The molecule has 1 aromatic carbocycles. The maximum absolute atomic E-state index is 12.7. The lowest BCUT2D eigenvalue weighted by Crippen LogP contribution is -1.99. The lowest BCUT2D eigenvalue weighted by atomic mass is 10.1. The Kier molecular flexibility index (Phi) is 3.85. The molecular weight excluding hydrogens is 197 g/mol. The number of carbonyl (C=O) groups is 1. The molecule has 0 radical (unpaired) electrons. The number of nitrogen functional groups attached to an aromatic ring is 1. The molecule has 0 spiro atoms. The third-order valence-electron chi connectivity index (χ3n) is 1.73. The molecule has 0 aliphatic rings. The topological polar surface area (TPSA) is 52.3 Å². The van der Waals surface area contributed by atoms with Crippen LogP contribution in [0.5, 0.6) is 0 Å². The lowest BCUT2D eigenvalue weighted by Gasteiger charge is -1.99. The summed E-state index contributed by atoms with van der Waals surface area (Å²) in [5.74, 6) is -0.845. The van der Waals surface area contributed by atoms with Crippen LogP contribution >= 0.6 is 0 Å². The first-order chi connectivity index (χ1) is 7.13. The highest BCUT2D eigenvalue weighted by Crippen LogP contribution is 2.14. The van der Waals surface area contributed by atoms with Crippen molar-refractivity contribution in [1.29, 1.82) is 0 Å². The number of benzene rings is 1. The van der Waals surface area contributed by atoms with E-state index >= 15 is 0 Å². The van der Waals surface area contributed by atoms with E-state index in [0.29, 0.717) is 12.2 Å². The number of esters is 1. The molecular formula is C11H12FNO2. The molecule has 1 rings (SSSR count). The Morgan fingerprint density at radius 2 is 2.33 bits per heavy atom. The number of hydrogen-bond donors (Lipinski definition) is 1. The van der Waals surface area contributed by atoms with E-state index < -0.39 is 11.8 Å². The first-order valence-electron chi connectivity index (χ1n) is 4.53. The van der Waals surface area contributed by atoms with Crippen LogP contribution in [0.1, 0.15) is 12.5 Å². The molecule has 1 aromatic rings. The van der Waals surface area contributed by atoms with Crippen LogP contribution < -0.4 is 5.73 Å². The quantitative estimate of drug-likeness (QED) is 0.470. The smallest absolute Gasteiger partial charge is 0.330 e. The fraction of sp³-hybridized carbons (Fsp3) is 0.182. The molecule has 0 aliphatic heterocycles. The summed E-state index contributed by atoms with van der Waals surface area (Å²) in [6.07, 6.45) is 2.75. The fourth-order valence-corrected chi connectivity index (χ4v) is 1.05. The van der Waals surface area contributed by atoms with E-state index in [9.17, 15) is 9.18 Å². The van der Waals surface area contributed by atoms with Crippen LogP contribution in [0.3, 0.4) is 0 Å². The average molecular weight is 209 g/mol. The summed E-state index contributed by atoms with van der Waals surface area (Å²) in [6.45, 7) is 2.04. The van der Waals surface area contributed by atoms with Gasteiger partial charge in [0.05, 0.1) is 6.61 Å². The van der Waals surface area contributed by atoms with Crippen LogP contribution in [0.4, 0.5) is 10.1 Å². The van der Waals surface area contributed by atoms with Gasteiger partial charge in [-0.25, -0.2) is 9.18 Å². The van der Waals surface area contributed by atoms with Crippen molar-refractivity contribution in [2.45, 2.75) is 6.92 Å². The van der Waals surface area contributed by atoms with E-state index in [-0.39, 0.29) is 5.69 Å². The second kappa shape index (κ2) is 5.14. The second-order valence-corrected chi connectivity index (χ2v) is 2.86. The van der Waals surface area contributed by atoms with E-state index in [2.05, 4.69) is 4.74 Å². The maximum atomic E-state index is 12.7. The van der Waals surface area contributed by atoms with Crippen LogP contribution in [-0.2, 0) is 9.53 Å². The van der Waals surface area contributed by atoms with E-state index in [1.165, 1.54) is 30.4 Å². The molecule has 0 unspecified atom stereocenters. The SMILES string of the molecule is CCOC(=O)C=Cc1ccc(F)cc1N. The third-order valence-corrected chi connectivity index (χ3v) is 1.73. The van der Waals surface area contributed by atoms with Gasteiger partial charge in [-0.2, -0.15) is 0 Å². The zero-order valence-corrected chi connectivity index (χ0v) is 8.37. The summed E-state index contributed by atoms with van der Waals surface area (Å²) in [6, 6.07) is 3.98. The van der Waals surface area contributed by atoms with Gasteiger partial charge in [0, 0.05) is 11.8 Å². The summed E-state index contributed by atoms with van der Waals surface area (Å²) in [4.78, 5) is 11.0. The van der Waals surface area contributed by atoms with Gasteiger partial charge >= 0.3 is 5.97 Å². The number of halogens is 1. The van der Waals surface area contributed by atoms with E-state index in [1.54, 1.807) is 6.92 Å². The molecule has 0 heterocycles. The summed E-state index contributed by atoms with van der Waals surface area (Å²) in [5, 5.41) is 0. The molecule has 0 aromatic heterocycles. The minimum atomic E-state index is -0.443. The first-order valence-corrected chi connectivity index (χ1v) is 4.53. The van der Waals surface area contributed by atoms with Crippen molar-refractivity contribution in [3.05, 3.63) is 35.7 Å². The third kappa shape index (κ3) is 3.42. The van der Waals surface area contributed by atoms with Crippen molar-refractivity contribution >= 4 is 17.7 Å². The van der Waals surface area contributed by atoms with Gasteiger partial charge in [-0.05, 0) is 30.7 Å². The van der Waals surface area contributed by atoms with Crippen LogP contribution in [0.15, 0.2) is 24.3 Å². The number of carbonyl (C=O) groups excluding carboxylic acids is 1. The van der Waals surface area contributed by atoms with Gasteiger partial charge in [-0.3, -0.25) is 0 Å². The summed E-state index contributed by atoms with van der Waals surface area (Å²) < 4.78 is 17.4. The Balaban J connectivity index is 2.76. The molecule has 0 amide bonds. The number of ether oxygens (including phenoxy) is 1. The van der Waals surface area contributed by atoms with Gasteiger partial charge in [0.2, 0.25) is 0 Å². The molecule has 0 saturated heterocycles. The van der Waals surface area contributed by atoms with Gasteiger partial charge in [0.15, 0.2) is 0 Å². The normalized spacial score (nSPS) is 10.5. The van der Waals surface area contributed by atoms with Gasteiger partial charge in [0.25, 0.3) is 0 Å². The second-order valence-electron chi connectivity index (χ2n) is 2.86. The highest BCUT2D eigenvalue weighted by atomic mass is 19.1. The zero-order valence-electron chi connectivity index (χ0n) is 8.37. The monoisotopic (exact) mass is 209 g/mol. The van der Waals surface area contributed by atoms with E-state index in [4.69, 9.17) is 5.73 Å². The number of nitrogens with two attached hydrogens (primary N) is 1. The molecule has 0 atom stereocenters.